The number of nitrogens with zero attached hydrogens (tertiary/aromatic N) is 2. The molecule has 0 unspecified atom stereocenters. The van der Waals surface area contributed by atoms with E-state index in [0.29, 0.717) is 31.3 Å². The van der Waals surface area contributed by atoms with E-state index in [1.54, 1.807) is 12.1 Å². The minimum atomic E-state index is -3.88. The molecule has 8 heteroatoms. The van der Waals surface area contributed by atoms with Crippen molar-refractivity contribution in [2.45, 2.75) is 16.8 Å². The predicted octanol–water partition coefficient (Wildman–Crippen LogP) is 3.97. The minimum absolute atomic E-state index is 0.0896. The molecule has 1 aliphatic heterocycles. The van der Waals surface area contributed by atoms with Gasteiger partial charge in [0.15, 0.2) is 0 Å². The van der Waals surface area contributed by atoms with Crippen molar-refractivity contribution in [1.29, 1.82) is 0 Å². The van der Waals surface area contributed by atoms with Gasteiger partial charge in [0.05, 0.1) is 18.1 Å². The first kappa shape index (κ1) is 19.0. The van der Waals surface area contributed by atoms with E-state index in [1.165, 1.54) is 12.1 Å². The molecule has 1 saturated heterocycles. The number of morpholine rings is 1. The maximum atomic E-state index is 13.3. The van der Waals surface area contributed by atoms with E-state index in [0.717, 1.165) is 11.1 Å². The monoisotopic (exact) mass is 418 g/mol. The zero-order valence-corrected chi connectivity index (χ0v) is 16.8. The summed E-state index contributed by atoms with van der Waals surface area (Å²) in [5.74, 6) is 0.521. The predicted molar refractivity (Wildman–Crippen MR) is 107 cm³/mol. The zero-order valence-electron chi connectivity index (χ0n) is 15.3. The van der Waals surface area contributed by atoms with Gasteiger partial charge in [0.2, 0.25) is 26.6 Å². The van der Waals surface area contributed by atoms with Gasteiger partial charge in [-0.1, -0.05) is 29.3 Å². The molecule has 6 nitrogen and oxygen atoms in total. The van der Waals surface area contributed by atoms with Crippen LogP contribution in [0.25, 0.3) is 11.5 Å². The number of oxazole rings is 1. The second-order valence-electron chi connectivity index (χ2n) is 6.56. The Morgan fingerprint density at radius 2 is 1.79 bits per heavy atom. The summed E-state index contributed by atoms with van der Waals surface area (Å²) in [5.41, 5.74) is 1.76. The molecule has 1 aromatic heterocycles. The number of anilines is 1. The van der Waals surface area contributed by atoms with Crippen LogP contribution in [0.4, 0.5) is 5.88 Å². The molecule has 0 N–H and O–H groups in total. The molecular weight excluding hydrogens is 400 g/mol. The lowest BCUT2D eigenvalue weighted by Gasteiger charge is -2.26. The lowest BCUT2D eigenvalue weighted by atomic mass is 10.1. The molecule has 1 aliphatic rings. The topological polar surface area (TPSA) is 72.6 Å². The van der Waals surface area contributed by atoms with Crippen LogP contribution in [0.5, 0.6) is 0 Å². The Hall–Kier alpha value is -2.35. The molecule has 146 valence electrons. The molecular formula is C20H19ClN2O4S. The summed E-state index contributed by atoms with van der Waals surface area (Å²) in [5, 5.41) is 0.376. The van der Waals surface area contributed by atoms with Crippen molar-refractivity contribution in [3.63, 3.8) is 0 Å². The van der Waals surface area contributed by atoms with Crippen LogP contribution in [0, 0.1) is 6.92 Å². The molecule has 2 aromatic carbocycles. The van der Waals surface area contributed by atoms with Gasteiger partial charge in [0.1, 0.15) is 0 Å². The van der Waals surface area contributed by atoms with Crippen molar-refractivity contribution in [2.24, 2.45) is 0 Å². The van der Waals surface area contributed by atoms with Crippen LogP contribution in [0.15, 0.2) is 62.9 Å². The van der Waals surface area contributed by atoms with E-state index in [2.05, 4.69) is 4.98 Å². The van der Waals surface area contributed by atoms with Crippen LogP contribution < -0.4 is 4.90 Å². The van der Waals surface area contributed by atoms with E-state index in [4.69, 9.17) is 20.8 Å². The fraction of sp³-hybridized carbons (Fsp3) is 0.250. The molecule has 1 fully saturated rings. The number of benzene rings is 2. The highest BCUT2D eigenvalue weighted by molar-refractivity contribution is 7.91. The third-order valence-corrected chi connectivity index (χ3v) is 6.44. The molecule has 3 aromatic rings. The van der Waals surface area contributed by atoms with Gasteiger partial charge in [0, 0.05) is 23.7 Å². The van der Waals surface area contributed by atoms with Crippen molar-refractivity contribution in [2.75, 3.05) is 31.2 Å². The van der Waals surface area contributed by atoms with Crippen LogP contribution in [0.1, 0.15) is 5.56 Å². The number of ether oxygens (including phenoxy) is 1. The number of aryl methyl sites for hydroxylation is 1. The average molecular weight is 419 g/mol. The van der Waals surface area contributed by atoms with Gasteiger partial charge in [-0.05, 0) is 43.3 Å². The van der Waals surface area contributed by atoms with Gasteiger partial charge < -0.3 is 14.1 Å². The molecule has 0 atom stereocenters. The number of halogens is 1. The smallest absolute Gasteiger partial charge is 0.236 e. The van der Waals surface area contributed by atoms with Crippen LogP contribution in [0.3, 0.4) is 0 Å². The Balaban J connectivity index is 1.85. The summed E-state index contributed by atoms with van der Waals surface area (Å²) in [4.78, 5) is 6.38. The largest absolute Gasteiger partial charge is 0.419 e. The fourth-order valence-corrected chi connectivity index (χ4v) is 4.51. The van der Waals surface area contributed by atoms with Crippen LogP contribution in [-0.2, 0) is 14.6 Å². The number of hydrogen-bond donors (Lipinski definition) is 0. The van der Waals surface area contributed by atoms with E-state index in [9.17, 15) is 8.42 Å². The second-order valence-corrected chi connectivity index (χ2v) is 8.86. The van der Waals surface area contributed by atoms with Crippen molar-refractivity contribution in [3.05, 3.63) is 59.1 Å². The maximum absolute atomic E-state index is 13.3. The van der Waals surface area contributed by atoms with Crippen molar-refractivity contribution in [3.8, 4) is 11.5 Å². The van der Waals surface area contributed by atoms with Gasteiger partial charge in [0.25, 0.3) is 0 Å². The van der Waals surface area contributed by atoms with E-state index < -0.39 is 9.84 Å². The van der Waals surface area contributed by atoms with E-state index in [1.807, 2.05) is 36.1 Å². The zero-order chi connectivity index (χ0) is 19.7. The molecule has 2 heterocycles. The van der Waals surface area contributed by atoms with Crippen molar-refractivity contribution < 1.29 is 17.6 Å². The summed E-state index contributed by atoms with van der Waals surface area (Å²) >= 11 is 5.91. The van der Waals surface area contributed by atoms with Gasteiger partial charge in [-0.25, -0.2) is 8.42 Å². The van der Waals surface area contributed by atoms with Crippen LogP contribution in [0.2, 0.25) is 5.02 Å². The third kappa shape index (κ3) is 3.65. The molecule has 0 saturated carbocycles. The second kappa shape index (κ2) is 7.58. The molecule has 4 rings (SSSR count). The Morgan fingerprint density at radius 3 is 2.46 bits per heavy atom. The summed E-state index contributed by atoms with van der Waals surface area (Å²) in [7, 11) is -3.88. The highest BCUT2D eigenvalue weighted by Crippen LogP contribution is 2.35. The minimum Gasteiger partial charge on any atom is -0.419 e. The maximum Gasteiger partial charge on any atom is 0.236 e. The molecule has 0 bridgehead atoms. The first-order valence-corrected chi connectivity index (χ1v) is 10.7. The van der Waals surface area contributed by atoms with Gasteiger partial charge in [-0.3, -0.25) is 0 Å². The van der Waals surface area contributed by atoms with Gasteiger partial charge in [-0.2, -0.15) is 4.98 Å². The highest BCUT2D eigenvalue weighted by Gasteiger charge is 2.32. The molecule has 28 heavy (non-hydrogen) atoms. The van der Waals surface area contributed by atoms with Crippen molar-refractivity contribution >= 4 is 27.3 Å². The quantitative estimate of drug-likeness (QED) is 0.638. The lowest BCUT2D eigenvalue weighted by molar-refractivity contribution is 0.120. The highest BCUT2D eigenvalue weighted by atomic mass is 35.5. The molecule has 0 aliphatic carbocycles. The summed E-state index contributed by atoms with van der Waals surface area (Å²) < 4.78 is 38.0. The first-order valence-electron chi connectivity index (χ1n) is 8.86. The SMILES string of the molecule is Cc1cccc(-c2nc(S(=O)(=O)c3ccc(Cl)cc3)c(N3CCOCC3)o2)c1. The number of hydrogen-bond acceptors (Lipinski definition) is 6. The number of rotatable bonds is 4. The Bertz CT molecular complexity index is 1090. The fourth-order valence-electron chi connectivity index (χ4n) is 3.07. The van der Waals surface area contributed by atoms with Crippen LogP contribution >= 0.6 is 11.6 Å². The van der Waals surface area contributed by atoms with E-state index >= 15 is 0 Å². The first-order chi connectivity index (χ1) is 13.4. The number of aromatic nitrogens is 1. The summed E-state index contributed by atoms with van der Waals surface area (Å²) in [6.07, 6.45) is 0. The standard InChI is InChI=1S/C20H19ClN2O4S/c1-14-3-2-4-15(13-14)18-22-19(20(27-18)23-9-11-26-12-10-23)28(24,25)17-7-5-16(21)6-8-17/h2-8,13H,9-12H2,1H3. The van der Waals surface area contributed by atoms with Gasteiger partial charge >= 0.3 is 0 Å². The summed E-state index contributed by atoms with van der Waals surface area (Å²) in [6.45, 7) is 4.03. The Kier molecular flexibility index (Phi) is 5.14. The third-order valence-electron chi connectivity index (χ3n) is 4.52. The normalized spacial score (nSPS) is 15.0. The molecule has 0 radical (unpaired) electrons. The van der Waals surface area contributed by atoms with Crippen LogP contribution in [-0.4, -0.2) is 39.7 Å². The Morgan fingerprint density at radius 1 is 1.07 bits per heavy atom. The molecule has 0 amide bonds. The van der Waals surface area contributed by atoms with Gasteiger partial charge in [-0.15, -0.1) is 0 Å². The average Bonchev–Trinajstić information content (AvgIpc) is 3.15. The molecule has 0 spiro atoms. The summed E-state index contributed by atoms with van der Waals surface area (Å²) in [6, 6.07) is 13.6. The number of sulfone groups is 1. The Labute approximate surface area is 168 Å². The van der Waals surface area contributed by atoms with E-state index in [-0.39, 0.29) is 21.7 Å². The van der Waals surface area contributed by atoms with Crippen molar-refractivity contribution in [1.82, 2.24) is 4.98 Å². The lowest BCUT2D eigenvalue weighted by Crippen LogP contribution is -2.36.